The zero-order valence-electron chi connectivity index (χ0n) is 17.4. The summed E-state index contributed by atoms with van der Waals surface area (Å²) in [6.45, 7) is 4.43. The molecule has 1 aromatic rings. The minimum absolute atomic E-state index is 0.130. The fourth-order valence-electron chi connectivity index (χ4n) is 3.35. The molecule has 28 heavy (non-hydrogen) atoms. The summed E-state index contributed by atoms with van der Waals surface area (Å²) < 4.78 is 16.6. The van der Waals surface area contributed by atoms with Crippen molar-refractivity contribution in [2.45, 2.75) is 38.1 Å². The van der Waals surface area contributed by atoms with Gasteiger partial charge in [-0.05, 0) is 45.5 Å². The van der Waals surface area contributed by atoms with Crippen LogP contribution < -0.4 is 14.8 Å². The lowest BCUT2D eigenvalue weighted by Crippen LogP contribution is -2.55. The van der Waals surface area contributed by atoms with E-state index in [-0.39, 0.29) is 11.4 Å². The summed E-state index contributed by atoms with van der Waals surface area (Å²) in [7, 11) is 5.54. The molecule has 0 unspecified atom stereocenters. The molecule has 156 valence electrons. The third kappa shape index (κ3) is 5.23. The van der Waals surface area contributed by atoms with E-state index in [0.29, 0.717) is 55.3 Å². The number of benzene rings is 1. The van der Waals surface area contributed by atoms with E-state index in [2.05, 4.69) is 17.1 Å². The van der Waals surface area contributed by atoms with Crippen molar-refractivity contribution in [1.29, 1.82) is 0 Å². The first-order valence-corrected chi connectivity index (χ1v) is 9.81. The van der Waals surface area contributed by atoms with Crippen LogP contribution in [-0.2, 0) is 4.74 Å². The number of aldehydes is 1. The SMILES string of the molecule is CCCCOc1c(C=O)cc(C(=O)NCC2(N(C)C)CCOCC2)cc1OC. The van der Waals surface area contributed by atoms with E-state index in [1.165, 1.54) is 7.11 Å². The van der Waals surface area contributed by atoms with E-state index in [4.69, 9.17) is 14.2 Å². The van der Waals surface area contributed by atoms with Crippen LogP contribution in [0, 0.1) is 0 Å². The summed E-state index contributed by atoms with van der Waals surface area (Å²) in [6.07, 6.45) is 4.26. The van der Waals surface area contributed by atoms with Crippen molar-refractivity contribution in [2.24, 2.45) is 0 Å². The Labute approximate surface area is 167 Å². The van der Waals surface area contributed by atoms with Crippen LogP contribution in [0.4, 0.5) is 0 Å². The number of hydrogen-bond donors (Lipinski definition) is 1. The summed E-state index contributed by atoms with van der Waals surface area (Å²) in [4.78, 5) is 26.5. The molecule has 1 N–H and O–H groups in total. The van der Waals surface area contributed by atoms with Crippen LogP contribution >= 0.6 is 0 Å². The summed E-state index contributed by atoms with van der Waals surface area (Å²) in [5.41, 5.74) is 0.561. The smallest absolute Gasteiger partial charge is 0.251 e. The molecule has 1 amide bonds. The molecular weight excluding hydrogens is 360 g/mol. The summed E-state index contributed by atoms with van der Waals surface area (Å²) in [5, 5.41) is 3.02. The first-order valence-electron chi connectivity index (χ1n) is 9.81. The van der Waals surface area contributed by atoms with E-state index in [1.54, 1.807) is 12.1 Å². The number of nitrogens with one attached hydrogen (secondary N) is 1. The van der Waals surface area contributed by atoms with Gasteiger partial charge in [-0.15, -0.1) is 0 Å². The second kappa shape index (κ2) is 10.4. The van der Waals surface area contributed by atoms with Gasteiger partial charge in [0.25, 0.3) is 5.91 Å². The molecule has 0 saturated carbocycles. The van der Waals surface area contributed by atoms with Crippen LogP contribution in [0.3, 0.4) is 0 Å². The maximum Gasteiger partial charge on any atom is 0.251 e. The van der Waals surface area contributed by atoms with Gasteiger partial charge in [0, 0.05) is 30.9 Å². The van der Waals surface area contributed by atoms with Crippen LogP contribution in [0.5, 0.6) is 11.5 Å². The van der Waals surface area contributed by atoms with Crippen molar-refractivity contribution in [3.8, 4) is 11.5 Å². The molecule has 0 aromatic heterocycles. The number of carbonyl (C=O) groups is 2. The van der Waals surface area contributed by atoms with E-state index in [0.717, 1.165) is 25.7 Å². The molecule has 1 aliphatic heterocycles. The number of amides is 1. The lowest BCUT2D eigenvalue weighted by Gasteiger charge is -2.42. The topological polar surface area (TPSA) is 77.1 Å². The zero-order chi connectivity index (χ0) is 20.6. The van der Waals surface area contributed by atoms with Gasteiger partial charge in [-0.25, -0.2) is 0 Å². The number of rotatable bonds is 10. The second-order valence-electron chi connectivity index (χ2n) is 7.33. The van der Waals surface area contributed by atoms with Crippen LogP contribution in [0.2, 0.25) is 0 Å². The number of methoxy groups -OCH3 is 1. The number of nitrogens with zero attached hydrogens (tertiary/aromatic N) is 1. The number of carbonyl (C=O) groups excluding carboxylic acids is 2. The number of likely N-dealkylation sites (N-methyl/N-ethyl adjacent to an activating group) is 1. The average molecular weight is 392 g/mol. The molecule has 1 aliphatic rings. The highest BCUT2D eigenvalue weighted by Crippen LogP contribution is 2.32. The molecule has 1 heterocycles. The Morgan fingerprint density at radius 3 is 2.61 bits per heavy atom. The van der Waals surface area contributed by atoms with E-state index in [9.17, 15) is 9.59 Å². The average Bonchev–Trinajstić information content (AvgIpc) is 2.72. The van der Waals surface area contributed by atoms with Crippen molar-refractivity contribution >= 4 is 12.2 Å². The standard InChI is InChI=1S/C21H32N2O5/c1-5-6-9-28-19-17(14-24)12-16(13-18(19)26-4)20(25)22-15-21(23(2)3)7-10-27-11-8-21/h12-14H,5-11,15H2,1-4H3,(H,22,25). The van der Waals surface area contributed by atoms with Crippen molar-refractivity contribution in [1.82, 2.24) is 10.2 Å². The molecule has 2 rings (SSSR count). The van der Waals surface area contributed by atoms with E-state index < -0.39 is 0 Å². The Hall–Kier alpha value is -2.12. The molecule has 0 spiro atoms. The Morgan fingerprint density at radius 2 is 2.04 bits per heavy atom. The minimum Gasteiger partial charge on any atom is -0.493 e. The van der Waals surface area contributed by atoms with E-state index in [1.807, 2.05) is 14.1 Å². The Balaban J connectivity index is 2.17. The Morgan fingerprint density at radius 1 is 1.32 bits per heavy atom. The fraction of sp³-hybridized carbons (Fsp3) is 0.619. The first kappa shape index (κ1) is 22.2. The number of ether oxygens (including phenoxy) is 3. The number of hydrogen-bond acceptors (Lipinski definition) is 6. The Bertz CT molecular complexity index is 669. The Kier molecular flexibility index (Phi) is 8.26. The maximum atomic E-state index is 12.8. The highest BCUT2D eigenvalue weighted by Gasteiger charge is 2.35. The molecule has 7 heteroatoms. The number of unbranched alkanes of at least 4 members (excludes halogenated alkanes) is 1. The monoisotopic (exact) mass is 392 g/mol. The van der Waals surface area contributed by atoms with Crippen LogP contribution in [0.25, 0.3) is 0 Å². The van der Waals surface area contributed by atoms with Crippen molar-refractivity contribution < 1.29 is 23.8 Å². The lowest BCUT2D eigenvalue weighted by atomic mass is 9.88. The molecule has 0 radical (unpaired) electrons. The third-order valence-corrected chi connectivity index (χ3v) is 5.39. The van der Waals surface area contributed by atoms with Crippen LogP contribution in [0.15, 0.2) is 12.1 Å². The normalized spacial score (nSPS) is 15.9. The quantitative estimate of drug-likeness (QED) is 0.487. The molecule has 7 nitrogen and oxygen atoms in total. The van der Waals surface area contributed by atoms with Crippen LogP contribution in [0.1, 0.15) is 53.3 Å². The van der Waals surface area contributed by atoms with Crippen LogP contribution in [-0.4, -0.2) is 70.2 Å². The third-order valence-electron chi connectivity index (χ3n) is 5.39. The minimum atomic E-state index is -0.241. The largest absolute Gasteiger partial charge is 0.493 e. The fourth-order valence-corrected chi connectivity index (χ4v) is 3.35. The lowest BCUT2D eigenvalue weighted by molar-refractivity contribution is -0.00658. The van der Waals surface area contributed by atoms with Gasteiger partial charge in [0.2, 0.25) is 0 Å². The van der Waals surface area contributed by atoms with Gasteiger partial charge in [0.15, 0.2) is 17.8 Å². The van der Waals surface area contributed by atoms with Crippen molar-refractivity contribution in [3.05, 3.63) is 23.3 Å². The summed E-state index contributed by atoms with van der Waals surface area (Å²) in [5.74, 6) is 0.533. The molecule has 0 atom stereocenters. The summed E-state index contributed by atoms with van der Waals surface area (Å²) in [6, 6.07) is 3.17. The molecule has 0 bridgehead atoms. The predicted octanol–water partition coefficient (Wildman–Crippen LogP) is 2.53. The molecule has 1 fully saturated rings. The second-order valence-corrected chi connectivity index (χ2v) is 7.33. The van der Waals surface area contributed by atoms with E-state index >= 15 is 0 Å². The van der Waals surface area contributed by atoms with Gasteiger partial charge in [-0.2, -0.15) is 0 Å². The zero-order valence-corrected chi connectivity index (χ0v) is 17.4. The molecular formula is C21H32N2O5. The van der Waals surface area contributed by atoms with Gasteiger partial charge < -0.3 is 24.4 Å². The molecule has 1 aromatic carbocycles. The van der Waals surface area contributed by atoms with Gasteiger partial charge in [-0.1, -0.05) is 13.3 Å². The summed E-state index contributed by atoms with van der Waals surface area (Å²) >= 11 is 0. The predicted molar refractivity (Wildman–Crippen MR) is 108 cm³/mol. The van der Waals surface area contributed by atoms with Gasteiger partial charge in [-0.3, -0.25) is 9.59 Å². The van der Waals surface area contributed by atoms with Gasteiger partial charge in [0.1, 0.15) is 0 Å². The maximum absolute atomic E-state index is 12.8. The first-order chi connectivity index (χ1) is 13.5. The van der Waals surface area contributed by atoms with Gasteiger partial charge >= 0.3 is 0 Å². The highest BCUT2D eigenvalue weighted by atomic mass is 16.5. The molecule has 1 saturated heterocycles. The van der Waals surface area contributed by atoms with Gasteiger partial charge in [0.05, 0.1) is 19.3 Å². The van der Waals surface area contributed by atoms with Crippen molar-refractivity contribution in [3.63, 3.8) is 0 Å². The molecule has 0 aliphatic carbocycles. The van der Waals surface area contributed by atoms with Crippen molar-refractivity contribution in [2.75, 3.05) is 47.6 Å². The highest BCUT2D eigenvalue weighted by molar-refractivity contribution is 5.97.